The Hall–Kier alpha value is -3.00. The van der Waals surface area contributed by atoms with Crippen LogP contribution in [0.5, 0.6) is 0 Å². The van der Waals surface area contributed by atoms with Crippen molar-refractivity contribution in [2.24, 2.45) is 0 Å². The van der Waals surface area contributed by atoms with E-state index in [1.54, 1.807) is 6.20 Å². The highest BCUT2D eigenvalue weighted by Crippen LogP contribution is 2.30. The van der Waals surface area contributed by atoms with E-state index in [-0.39, 0.29) is 6.54 Å². The number of carbonyl (C=O) groups excluding carboxylic acids is 1. The number of carbonyl (C=O) groups is 1. The zero-order valence-corrected chi connectivity index (χ0v) is 13.6. The molecule has 0 bridgehead atoms. The van der Waals surface area contributed by atoms with Crippen molar-refractivity contribution in [3.63, 3.8) is 0 Å². The molecule has 0 radical (unpaired) electrons. The van der Waals surface area contributed by atoms with Gasteiger partial charge in [0, 0.05) is 18.5 Å². The van der Waals surface area contributed by atoms with Gasteiger partial charge < -0.3 is 5.32 Å². The lowest BCUT2D eigenvalue weighted by molar-refractivity contribution is -0.116. The molecule has 0 saturated heterocycles. The number of H-pyrrole nitrogens is 1. The van der Waals surface area contributed by atoms with Crippen molar-refractivity contribution in [1.29, 1.82) is 0 Å². The summed E-state index contributed by atoms with van der Waals surface area (Å²) in [4.78, 5) is 41.9. The van der Waals surface area contributed by atoms with Gasteiger partial charge in [-0.25, -0.2) is 9.78 Å². The first-order chi connectivity index (χ1) is 11.5. The van der Waals surface area contributed by atoms with Crippen LogP contribution in [0.2, 0.25) is 0 Å². The van der Waals surface area contributed by atoms with E-state index in [4.69, 9.17) is 0 Å². The first-order valence-electron chi connectivity index (χ1n) is 7.14. The lowest BCUT2D eigenvalue weighted by Gasteiger charge is -2.04. The molecule has 0 spiro atoms. The van der Waals surface area contributed by atoms with Crippen molar-refractivity contribution < 1.29 is 4.79 Å². The summed E-state index contributed by atoms with van der Waals surface area (Å²) in [6.07, 6.45) is 2.98. The van der Waals surface area contributed by atoms with E-state index in [0.29, 0.717) is 5.13 Å². The number of thiazole rings is 1. The molecule has 0 aliphatic rings. The number of anilines is 1. The van der Waals surface area contributed by atoms with E-state index in [1.165, 1.54) is 23.6 Å². The molecule has 0 fully saturated rings. The molecule has 7 nitrogen and oxygen atoms in total. The highest BCUT2D eigenvalue weighted by molar-refractivity contribution is 7.19. The summed E-state index contributed by atoms with van der Waals surface area (Å²) in [5.41, 5.74) is 1.06. The molecule has 1 amide bonds. The predicted octanol–water partition coefficient (Wildman–Crippen LogP) is 1.61. The number of aromatic amines is 1. The summed E-state index contributed by atoms with van der Waals surface area (Å²) in [6, 6.07) is 9.10. The van der Waals surface area contributed by atoms with Gasteiger partial charge in [0.2, 0.25) is 5.91 Å². The summed E-state index contributed by atoms with van der Waals surface area (Å²) in [5, 5.41) is 3.11. The Balaban J connectivity index is 1.73. The van der Waals surface area contributed by atoms with Crippen molar-refractivity contribution in [3.8, 4) is 10.4 Å². The maximum Gasteiger partial charge on any atom is 0.328 e. The quantitative estimate of drug-likeness (QED) is 0.753. The van der Waals surface area contributed by atoms with Crippen LogP contribution >= 0.6 is 11.3 Å². The fourth-order valence-corrected chi connectivity index (χ4v) is 3.11. The average Bonchev–Trinajstić information content (AvgIpc) is 2.99. The van der Waals surface area contributed by atoms with Crippen LogP contribution in [0.25, 0.3) is 10.4 Å². The molecule has 3 rings (SSSR count). The Morgan fingerprint density at radius 1 is 1.29 bits per heavy atom. The van der Waals surface area contributed by atoms with E-state index in [0.717, 1.165) is 20.6 Å². The van der Waals surface area contributed by atoms with Crippen LogP contribution in [0.3, 0.4) is 0 Å². The molecule has 1 aromatic carbocycles. The standard InChI is InChI=1S/C16H14N4O3S/c1-10-4-2-3-5-11(10)12-8-17-15(24-12)18-14(22)9-20-7-6-13(21)19-16(20)23/h2-8H,9H2,1H3,(H,17,18,22)(H,19,21,23). The molecule has 2 heterocycles. The number of hydrogen-bond acceptors (Lipinski definition) is 5. The van der Waals surface area contributed by atoms with Gasteiger partial charge in [-0.05, 0) is 18.1 Å². The molecule has 8 heteroatoms. The Morgan fingerprint density at radius 2 is 2.08 bits per heavy atom. The van der Waals surface area contributed by atoms with Crippen molar-refractivity contribution in [2.75, 3.05) is 5.32 Å². The number of rotatable bonds is 4. The van der Waals surface area contributed by atoms with E-state index < -0.39 is 17.2 Å². The number of hydrogen-bond donors (Lipinski definition) is 2. The minimum atomic E-state index is -0.627. The Bertz CT molecular complexity index is 1000. The van der Waals surface area contributed by atoms with Crippen molar-refractivity contribution in [3.05, 3.63) is 69.1 Å². The molecule has 24 heavy (non-hydrogen) atoms. The van der Waals surface area contributed by atoms with E-state index in [9.17, 15) is 14.4 Å². The van der Waals surface area contributed by atoms with Gasteiger partial charge >= 0.3 is 5.69 Å². The van der Waals surface area contributed by atoms with Gasteiger partial charge in [-0.15, -0.1) is 0 Å². The van der Waals surface area contributed by atoms with Crippen LogP contribution < -0.4 is 16.6 Å². The smallest absolute Gasteiger partial charge is 0.300 e. The summed E-state index contributed by atoms with van der Waals surface area (Å²) in [7, 11) is 0. The lowest BCUT2D eigenvalue weighted by Crippen LogP contribution is -2.32. The van der Waals surface area contributed by atoms with Crippen molar-refractivity contribution in [2.45, 2.75) is 13.5 Å². The van der Waals surface area contributed by atoms with Crippen LogP contribution in [-0.2, 0) is 11.3 Å². The maximum atomic E-state index is 12.0. The van der Waals surface area contributed by atoms with E-state index >= 15 is 0 Å². The van der Waals surface area contributed by atoms with Gasteiger partial charge in [0.15, 0.2) is 5.13 Å². The summed E-state index contributed by atoms with van der Waals surface area (Å²) >= 11 is 1.36. The molecule has 122 valence electrons. The molecular weight excluding hydrogens is 328 g/mol. The lowest BCUT2D eigenvalue weighted by atomic mass is 10.1. The van der Waals surface area contributed by atoms with Crippen LogP contribution in [0, 0.1) is 6.92 Å². The number of amides is 1. The highest BCUT2D eigenvalue weighted by Gasteiger charge is 2.10. The molecule has 0 unspecified atom stereocenters. The fourth-order valence-electron chi connectivity index (χ4n) is 2.19. The zero-order chi connectivity index (χ0) is 17.1. The Kier molecular flexibility index (Phi) is 4.39. The van der Waals surface area contributed by atoms with Gasteiger partial charge in [0.05, 0.1) is 4.88 Å². The number of nitrogens with one attached hydrogen (secondary N) is 2. The second-order valence-corrected chi connectivity index (χ2v) is 6.16. The summed E-state index contributed by atoms with van der Waals surface area (Å²) < 4.78 is 1.12. The Labute approximate surface area is 140 Å². The van der Waals surface area contributed by atoms with Crippen LogP contribution in [-0.4, -0.2) is 20.4 Å². The second kappa shape index (κ2) is 6.63. The van der Waals surface area contributed by atoms with Crippen LogP contribution in [0.15, 0.2) is 52.3 Å². The SMILES string of the molecule is Cc1ccccc1-c1cnc(NC(=O)Cn2ccc(=O)[nH]c2=O)s1. The summed E-state index contributed by atoms with van der Waals surface area (Å²) in [6.45, 7) is 1.81. The highest BCUT2D eigenvalue weighted by atomic mass is 32.1. The van der Waals surface area contributed by atoms with Crippen LogP contribution in [0.4, 0.5) is 5.13 Å². The van der Waals surface area contributed by atoms with Gasteiger partial charge in [-0.2, -0.15) is 0 Å². The largest absolute Gasteiger partial charge is 0.328 e. The first-order valence-corrected chi connectivity index (χ1v) is 7.96. The third kappa shape index (κ3) is 3.49. The fraction of sp³-hybridized carbons (Fsp3) is 0.125. The van der Waals surface area contributed by atoms with Gasteiger partial charge in [0.1, 0.15) is 6.54 Å². The maximum absolute atomic E-state index is 12.0. The van der Waals surface area contributed by atoms with Crippen LogP contribution in [0.1, 0.15) is 5.56 Å². The molecule has 0 saturated carbocycles. The molecule has 0 aliphatic carbocycles. The second-order valence-electron chi connectivity index (χ2n) is 5.13. The molecule has 2 aromatic heterocycles. The molecular formula is C16H14N4O3S. The minimum Gasteiger partial charge on any atom is -0.300 e. The van der Waals surface area contributed by atoms with Crippen molar-refractivity contribution in [1.82, 2.24) is 14.5 Å². The number of nitrogens with zero attached hydrogens (tertiary/aromatic N) is 2. The first kappa shape index (κ1) is 15.9. The van der Waals surface area contributed by atoms with Gasteiger partial charge in [-0.3, -0.25) is 19.1 Å². The zero-order valence-electron chi connectivity index (χ0n) is 12.8. The van der Waals surface area contributed by atoms with E-state index in [1.807, 2.05) is 31.2 Å². The molecule has 3 aromatic rings. The third-order valence-corrected chi connectivity index (χ3v) is 4.32. The van der Waals surface area contributed by atoms with Gasteiger partial charge in [-0.1, -0.05) is 35.6 Å². The number of aryl methyl sites for hydroxylation is 1. The Morgan fingerprint density at radius 3 is 2.83 bits per heavy atom. The monoisotopic (exact) mass is 342 g/mol. The molecule has 0 atom stereocenters. The number of benzene rings is 1. The summed E-state index contributed by atoms with van der Waals surface area (Å²) in [5.74, 6) is -0.394. The normalized spacial score (nSPS) is 10.5. The number of aromatic nitrogens is 3. The van der Waals surface area contributed by atoms with Gasteiger partial charge in [0.25, 0.3) is 5.56 Å². The molecule has 0 aliphatic heterocycles. The average molecular weight is 342 g/mol. The minimum absolute atomic E-state index is 0.200. The van der Waals surface area contributed by atoms with E-state index in [2.05, 4.69) is 15.3 Å². The third-order valence-electron chi connectivity index (χ3n) is 3.37. The predicted molar refractivity (Wildman–Crippen MR) is 92.2 cm³/mol. The molecule has 2 N–H and O–H groups in total. The van der Waals surface area contributed by atoms with Crippen molar-refractivity contribution >= 4 is 22.4 Å². The topological polar surface area (TPSA) is 96.8 Å².